The molecule has 3 heteroatoms. The van der Waals surface area contributed by atoms with Crippen molar-refractivity contribution in [1.82, 2.24) is 0 Å². The molecule has 1 aliphatic rings. The molecule has 0 bridgehead atoms. The van der Waals surface area contributed by atoms with Crippen molar-refractivity contribution in [1.29, 1.82) is 0 Å². The van der Waals surface area contributed by atoms with Crippen LogP contribution < -0.4 is 0 Å². The number of aryl methyl sites for hydroxylation is 2. The lowest BCUT2D eigenvalue weighted by Gasteiger charge is -2.16. The van der Waals surface area contributed by atoms with Crippen LogP contribution in [0.25, 0.3) is 0 Å². The first-order valence-corrected chi connectivity index (χ1v) is 6.57. The first-order chi connectivity index (χ1) is 8.66. The van der Waals surface area contributed by atoms with Gasteiger partial charge in [-0.15, -0.1) is 0 Å². The molecular weight excluding hydrogens is 228 g/mol. The first-order valence-electron chi connectivity index (χ1n) is 6.57. The van der Waals surface area contributed by atoms with Gasteiger partial charge in [-0.1, -0.05) is 23.8 Å². The summed E-state index contributed by atoms with van der Waals surface area (Å²) in [6, 6.07) is 6.13. The van der Waals surface area contributed by atoms with Gasteiger partial charge in [-0.2, -0.15) is 0 Å². The van der Waals surface area contributed by atoms with Crippen LogP contribution in [0.5, 0.6) is 0 Å². The summed E-state index contributed by atoms with van der Waals surface area (Å²) >= 11 is 0. The Morgan fingerprint density at radius 1 is 1.44 bits per heavy atom. The summed E-state index contributed by atoms with van der Waals surface area (Å²) in [6.07, 6.45) is 0.534. The van der Waals surface area contributed by atoms with Crippen LogP contribution in [0.1, 0.15) is 29.2 Å². The van der Waals surface area contributed by atoms with E-state index in [9.17, 15) is 5.11 Å². The van der Waals surface area contributed by atoms with E-state index in [-0.39, 0.29) is 0 Å². The Kier molecular flexibility index (Phi) is 4.75. The van der Waals surface area contributed by atoms with Gasteiger partial charge in [0.25, 0.3) is 0 Å². The third kappa shape index (κ3) is 3.55. The van der Waals surface area contributed by atoms with Crippen LogP contribution in [-0.4, -0.2) is 31.5 Å². The van der Waals surface area contributed by atoms with E-state index < -0.39 is 6.10 Å². The highest BCUT2D eigenvalue weighted by atomic mass is 16.5. The molecule has 1 heterocycles. The maximum atomic E-state index is 10.1. The normalized spacial score (nSPS) is 21.2. The van der Waals surface area contributed by atoms with Gasteiger partial charge in [0.2, 0.25) is 0 Å². The summed E-state index contributed by atoms with van der Waals surface area (Å²) in [7, 11) is 0. The predicted octanol–water partition coefficient (Wildman–Crippen LogP) is 2.39. The Balaban J connectivity index is 1.83. The van der Waals surface area contributed by atoms with Crippen LogP contribution in [0, 0.1) is 19.8 Å². The van der Waals surface area contributed by atoms with Crippen molar-refractivity contribution in [3.8, 4) is 0 Å². The van der Waals surface area contributed by atoms with Gasteiger partial charge in [-0.3, -0.25) is 0 Å². The zero-order chi connectivity index (χ0) is 13.0. The van der Waals surface area contributed by atoms with Crippen molar-refractivity contribution in [3.63, 3.8) is 0 Å². The van der Waals surface area contributed by atoms with Gasteiger partial charge in [-0.05, 0) is 31.4 Å². The van der Waals surface area contributed by atoms with Gasteiger partial charge in [-0.25, -0.2) is 0 Å². The van der Waals surface area contributed by atoms with Crippen LogP contribution >= 0.6 is 0 Å². The quantitative estimate of drug-likeness (QED) is 0.872. The van der Waals surface area contributed by atoms with Crippen molar-refractivity contribution in [2.75, 3.05) is 26.4 Å². The summed E-state index contributed by atoms with van der Waals surface area (Å²) in [4.78, 5) is 0. The molecule has 0 spiro atoms. The molecule has 3 nitrogen and oxygen atoms in total. The van der Waals surface area contributed by atoms with Crippen molar-refractivity contribution < 1.29 is 14.6 Å². The molecule has 0 aliphatic carbocycles. The van der Waals surface area contributed by atoms with Crippen molar-refractivity contribution in [2.45, 2.75) is 26.4 Å². The van der Waals surface area contributed by atoms with E-state index in [0.29, 0.717) is 19.1 Å². The fourth-order valence-corrected chi connectivity index (χ4v) is 2.27. The van der Waals surface area contributed by atoms with Crippen LogP contribution in [0.15, 0.2) is 18.2 Å². The summed E-state index contributed by atoms with van der Waals surface area (Å²) in [5.41, 5.74) is 3.25. The molecule has 100 valence electrons. The Morgan fingerprint density at radius 2 is 2.28 bits per heavy atom. The highest BCUT2D eigenvalue weighted by Gasteiger charge is 2.17. The van der Waals surface area contributed by atoms with E-state index in [1.165, 1.54) is 5.56 Å². The minimum absolute atomic E-state index is 0.362. The SMILES string of the molecule is Cc1ccc(C)c(C(O)COCC2CCOC2)c1. The molecule has 0 radical (unpaired) electrons. The minimum Gasteiger partial charge on any atom is -0.386 e. The fraction of sp³-hybridized carbons (Fsp3) is 0.600. The van der Waals surface area contributed by atoms with Crippen LogP contribution in [0.3, 0.4) is 0 Å². The van der Waals surface area contributed by atoms with Crippen molar-refractivity contribution in [2.24, 2.45) is 5.92 Å². The maximum absolute atomic E-state index is 10.1. The number of benzene rings is 1. The second-order valence-electron chi connectivity index (χ2n) is 5.14. The van der Waals surface area contributed by atoms with E-state index >= 15 is 0 Å². The molecule has 2 atom stereocenters. The molecule has 1 N–H and O–H groups in total. The number of rotatable bonds is 5. The molecule has 1 aliphatic heterocycles. The van der Waals surface area contributed by atoms with E-state index in [1.54, 1.807) is 0 Å². The Labute approximate surface area is 109 Å². The third-order valence-corrected chi connectivity index (χ3v) is 3.45. The molecular formula is C15H22O3. The lowest BCUT2D eigenvalue weighted by Crippen LogP contribution is -2.14. The van der Waals surface area contributed by atoms with E-state index in [2.05, 4.69) is 6.07 Å². The lowest BCUT2D eigenvalue weighted by molar-refractivity contribution is 0.0182. The van der Waals surface area contributed by atoms with Gasteiger partial charge in [0, 0.05) is 12.5 Å². The molecule has 1 aromatic rings. The van der Waals surface area contributed by atoms with Crippen molar-refractivity contribution in [3.05, 3.63) is 34.9 Å². The van der Waals surface area contributed by atoms with Gasteiger partial charge >= 0.3 is 0 Å². The Hall–Kier alpha value is -0.900. The average Bonchev–Trinajstić information content (AvgIpc) is 2.85. The molecule has 1 fully saturated rings. The highest BCUT2D eigenvalue weighted by molar-refractivity contribution is 5.32. The Morgan fingerprint density at radius 3 is 3.00 bits per heavy atom. The maximum Gasteiger partial charge on any atom is 0.103 e. The standard InChI is InChI=1S/C15H22O3/c1-11-3-4-12(2)14(7-11)15(16)10-18-9-13-5-6-17-8-13/h3-4,7,13,15-16H,5-6,8-10H2,1-2H3. The zero-order valence-corrected chi connectivity index (χ0v) is 11.2. The number of hydrogen-bond donors (Lipinski definition) is 1. The van der Waals surface area contributed by atoms with E-state index in [4.69, 9.17) is 9.47 Å². The molecule has 1 saturated heterocycles. The number of aliphatic hydroxyl groups is 1. The molecule has 0 amide bonds. The zero-order valence-electron chi connectivity index (χ0n) is 11.2. The second kappa shape index (κ2) is 6.32. The minimum atomic E-state index is -0.535. The van der Waals surface area contributed by atoms with Crippen LogP contribution in [0.4, 0.5) is 0 Å². The molecule has 2 unspecified atom stereocenters. The molecule has 1 aromatic carbocycles. The summed E-state index contributed by atoms with van der Waals surface area (Å²) in [5.74, 6) is 0.496. The van der Waals surface area contributed by atoms with Crippen molar-refractivity contribution >= 4 is 0 Å². The number of ether oxygens (including phenoxy) is 2. The van der Waals surface area contributed by atoms with Gasteiger partial charge in [0.05, 0.1) is 19.8 Å². The van der Waals surface area contributed by atoms with Gasteiger partial charge in [0.1, 0.15) is 6.10 Å². The fourth-order valence-electron chi connectivity index (χ4n) is 2.27. The summed E-state index contributed by atoms with van der Waals surface area (Å²) < 4.78 is 10.9. The topological polar surface area (TPSA) is 38.7 Å². The predicted molar refractivity (Wildman–Crippen MR) is 70.6 cm³/mol. The van der Waals surface area contributed by atoms with Crippen LogP contribution in [0.2, 0.25) is 0 Å². The highest BCUT2D eigenvalue weighted by Crippen LogP contribution is 2.20. The monoisotopic (exact) mass is 250 g/mol. The number of aliphatic hydroxyl groups excluding tert-OH is 1. The number of hydrogen-bond acceptors (Lipinski definition) is 3. The van der Waals surface area contributed by atoms with E-state index in [1.807, 2.05) is 26.0 Å². The smallest absolute Gasteiger partial charge is 0.103 e. The van der Waals surface area contributed by atoms with E-state index in [0.717, 1.165) is 30.8 Å². The summed E-state index contributed by atoms with van der Waals surface area (Å²) in [6.45, 7) is 6.73. The largest absolute Gasteiger partial charge is 0.386 e. The lowest BCUT2D eigenvalue weighted by atomic mass is 10.0. The van der Waals surface area contributed by atoms with Crippen LogP contribution in [-0.2, 0) is 9.47 Å². The second-order valence-corrected chi connectivity index (χ2v) is 5.14. The molecule has 0 aromatic heterocycles. The molecule has 0 saturated carbocycles. The third-order valence-electron chi connectivity index (χ3n) is 3.45. The molecule has 18 heavy (non-hydrogen) atoms. The Bertz CT molecular complexity index is 383. The first kappa shape index (κ1) is 13.5. The molecule has 2 rings (SSSR count). The summed E-state index contributed by atoms with van der Waals surface area (Å²) in [5, 5.41) is 10.1. The van der Waals surface area contributed by atoms with Gasteiger partial charge < -0.3 is 14.6 Å². The average molecular weight is 250 g/mol. The van der Waals surface area contributed by atoms with Gasteiger partial charge in [0.15, 0.2) is 0 Å².